The summed E-state index contributed by atoms with van der Waals surface area (Å²) >= 11 is 0. The van der Waals surface area contributed by atoms with Crippen molar-refractivity contribution in [3.8, 4) is 6.07 Å². The summed E-state index contributed by atoms with van der Waals surface area (Å²) in [7, 11) is 0. The average molecular weight is 280 g/mol. The second-order valence-corrected chi connectivity index (χ2v) is 6.51. The second kappa shape index (κ2) is 6.25. The SMILES string of the molecule is C[C@H]1CCC[C@@]1(C#N)NC(=O)CCC(=O)OC(C)(C)C. The summed E-state index contributed by atoms with van der Waals surface area (Å²) in [5.74, 6) is -0.498. The van der Waals surface area contributed by atoms with Crippen molar-refractivity contribution in [2.75, 3.05) is 0 Å². The number of nitrogens with zero attached hydrogens (tertiary/aromatic N) is 1. The summed E-state index contributed by atoms with van der Waals surface area (Å²) in [6.07, 6.45) is 2.67. The Bertz CT molecular complexity index is 420. The van der Waals surface area contributed by atoms with Crippen LogP contribution >= 0.6 is 0 Å². The van der Waals surface area contributed by atoms with Gasteiger partial charge in [-0.3, -0.25) is 9.59 Å². The van der Waals surface area contributed by atoms with Crippen LogP contribution in [-0.4, -0.2) is 23.0 Å². The number of hydrogen-bond acceptors (Lipinski definition) is 4. The quantitative estimate of drug-likeness (QED) is 0.801. The summed E-state index contributed by atoms with van der Waals surface area (Å²) in [4.78, 5) is 23.5. The molecule has 1 amide bonds. The molecule has 0 aromatic heterocycles. The predicted octanol–water partition coefficient (Wildman–Crippen LogP) is 2.31. The third-order valence-corrected chi connectivity index (χ3v) is 3.59. The van der Waals surface area contributed by atoms with E-state index in [0.717, 1.165) is 12.8 Å². The highest BCUT2D eigenvalue weighted by Crippen LogP contribution is 2.34. The van der Waals surface area contributed by atoms with E-state index in [0.29, 0.717) is 6.42 Å². The molecular weight excluding hydrogens is 256 g/mol. The highest BCUT2D eigenvalue weighted by molar-refractivity contribution is 5.82. The number of hydrogen-bond donors (Lipinski definition) is 1. The normalized spacial score (nSPS) is 25.9. The van der Waals surface area contributed by atoms with E-state index in [2.05, 4.69) is 11.4 Å². The standard InChI is InChI=1S/C15H24N2O3/c1-11-6-5-9-15(11,10-16)17-12(18)7-8-13(19)20-14(2,3)4/h11H,5-9H2,1-4H3,(H,17,18)/t11-,15-/m0/s1. The van der Waals surface area contributed by atoms with E-state index in [1.165, 1.54) is 0 Å². The first-order valence-electron chi connectivity index (χ1n) is 7.13. The molecule has 0 unspecified atom stereocenters. The summed E-state index contributed by atoms with van der Waals surface area (Å²) < 4.78 is 5.15. The molecule has 20 heavy (non-hydrogen) atoms. The van der Waals surface area contributed by atoms with E-state index in [-0.39, 0.29) is 24.7 Å². The number of ether oxygens (including phenoxy) is 1. The lowest BCUT2D eigenvalue weighted by Crippen LogP contribution is -2.49. The molecule has 0 radical (unpaired) electrons. The molecule has 112 valence electrons. The summed E-state index contributed by atoms with van der Waals surface area (Å²) in [5.41, 5.74) is -1.30. The number of esters is 1. The van der Waals surface area contributed by atoms with Crippen LogP contribution in [-0.2, 0) is 14.3 Å². The van der Waals surface area contributed by atoms with Gasteiger partial charge >= 0.3 is 5.97 Å². The minimum absolute atomic E-state index is 0.0407. The number of carbonyl (C=O) groups excluding carboxylic acids is 2. The molecule has 0 spiro atoms. The Hall–Kier alpha value is -1.57. The van der Waals surface area contributed by atoms with E-state index < -0.39 is 17.1 Å². The maximum atomic E-state index is 11.9. The van der Waals surface area contributed by atoms with Crippen LogP contribution in [0.15, 0.2) is 0 Å². The van der Waals surface area contributed by atoms with E-state index in [1.54, 1.807) is 20.8 Å². The van der Waals surface area contributed by atoms with Crippen LogP contribution in [0, 0.1) is 17.2 Å². The molecule has 0 aliphatic heterocycles. The van der Waals surface area contributed by atoms with Crippen LogP contribution in [0.25, 0.3) is 0 Å². The van der Waals surface area contributed by atoms with Crippen molar-refractivity contribution in [3.63, 3.8) is 0 Å². The zero-order valence-corrected chi connectivity index (χ0v) is 12.8. The first-order valence-corrected chi connectivity index (χ1v) is 7.13. The van der Waals surface area contributed by atoms with E-state index >= 15 is 0 Å². The lowest BCUT2D eigenvalue weighted by Gasteiger charge is -2.27. The molecule has 1 aliphatic carbocycles. The molecule has 1 rings (SSSR count). The van der Waals surface area contributed by atoms with Crippen molar-refractivity contribution in [2.45, 2.75) is 70.9 Å². The number of amides is 1. The summed E-state index contributed by atoms with van der Waals surface area (Å²) in [6.45, 7) is 7.34. The number of nitriles is 1. The Morgan fingerprint density at radius 1 is 1.40 bits per heavy atom. The Morgan fingerprint density at radius 2 is 2.05 bits per heavy atom. The van der Waals surface area contributed by atoms with Gasteiger partial charge in [0.25, 0.3) is 0 Å². The highest BCUT2D eigenvalue weighted by atomic mass is 16.6. The Morgan fingerprint density at radius 3 is 2.50 bits per heavy atom. The van der Waals surface area contributed by atoms with Crippen molar-refractivity contribution < 1.29 is 14.3 Å². The molecule has 5 heteroatoms. The van der Waals surface area contributed by atoms with Crippen molar-refractivity contribution in [2.24, 2.45) is 5.92 Å². The fourth-order valence-corrected chi connectivity index (χ4v) is 2.48. The van der Waals surface area contributed by atoms with Crippen LogP contribution in [0.3, 0.4) is 0 Å². The van der Waals surface area contributed by atoms with Gasteiger partial charge in [0, 0.05) is 6.42 Å². The lowest BCUT2D eigenvalue weighted by atomic mass is 9.89. The molecular formula is C15H24N2O3. The van der Waals surface area contributed by atoms with Gasteiger partial charge in [-0.15, -0.1) is 0 Å². The fraction of sp³-hybridized carbons (Fsp3) is 0.800. The van der Waals surface area contributed by atoms with Crippen LogP contribution in [0.5, 0.6) is 0 Å². The van der Waals surface area contributed by atoms with Gasteiger partial charge in [-0.2, -0.15) is 5.26 Å². The maximum Gasteiger partial charge on any atom is 0.306 e. The largest absolute Gasteiger partial charge is 0.460 e. The van der Waals surface area contributed by atoms with Crippen molar-refractivity contribution in [3.05, 3.63) is 0 Å². The molecule has 0 aromatic carbocycles. The van der Waals surface area contributed by atoms with Gasteiger partial charge in [0.2, 0.25) is 5.91 Å². The van der Waals surface area contributed by atoms with Crippen LogP contribution in [0.4, 0.5) is 0 Å². The van der Waals surface area contributed by atoms with Crippen LogP contribution in [0.1, 0.15) is 59.8 Å². The predicted molar refractivity (Wildman–Crippen MR) is 74.6 cm³/mol. The van der Waals surface area contributed by atoms with Crippen LogP contribution < -0.4 is 5.32 Å². The highest BCUT2D eigenvalue weighted by Gasteiger charge is 2.41. The zero-order valence-electron chi connectivity index (χ0n) is 12.8. The minimum atomic E-state index is -0.759. The summed E-state index contributed by atoms with van der Waals surface area (Å²) in [6, 6.07) is 2.24. The number of nitrogens with one attached hydrogen (secondary N) is 1. The first kappa shape index (κ1) is 16.5. The van der Waals surface area contributed by atoms with Crippen molar-refractivity contribution in [1.82, 2.24) is 5.32 Å². The summed E-state index contributed by atoms with van der Waals surface area (Å²) in [5, 5.41) is 12.1. The third-order valence-electron chi connectivity index (χ3n) is 3.59. The van der Waals surface area contributed by atoms with Gasteiger partial charge in [0.05, 0.1) is 12.5 Å². The number of carbonyl (C=O) groups is 2. The van der Waals surface area contributed by atoms with Crippen LogP contribution in [0.2, 0.25) is 0 Å². The van der Waals surface area contributed by atoms with E-state index in [4.69, 9.17) is 4.74 Å². The molecule has 0 bridgehead atoms. The molecule has 0 aromatic rings. The van der Waals surface area contributed by atoms with Gasteiger partial charge in [0.15, 0.2) is 0 Å². The van der Waals surface area contributed by atoms with Crippen molar-refractivity contribution in [1.29, 1.82) is 5.26 Å². The van der Waals surface area contributed by atoms with Crippen molar-refractivity contribution >= 4 is 11.9 Å². The molecule has 1 aliphatic rings. The fourth-order valence-electron chi connectivity index (χ4n) is 2.48. The minimum Gasteiger partial charge on any atom is -0.460 e. The Kier molecular flexibility index (Phi) is 5.15. The smallest absolute Gasteiger partial charge is 0.306 e. The van der Waals surface area contributed by atoms with Gasteiger partial charge in [-0.25, -0.2) is 0 Å². The topological polar surface area (TPSA) is 79.2 Å². The Balaban J connectivity index is 2.45. The molecule has 0 heterocycles. The lowest BCUT2D eigenvalue weighted by molar-refractivity contribution is -0.155. The second-order valence-electron chi connectivity index (χ2n) is 6.51. The number of rotatable bonds is 4. The molecule has 1 saturated carbocycles. The molecule has 2 atom stereocenters. The monoisotopic (exact) mass is 280 g/mol. The average Bonchev–Trinajstić information content (AvgIpc) is 2.67. The molecule has 1 N–H and O–H groups in total. The van der Waals surface area contributed by atoms with Gasteiger partial charge in [-0.05, 0) is 46.0 Å². The zero-order chi connectivity index (χ0) is 15.4. The van der Waals surface area contributed by atoms with Gasteiger partial charge < -0.3 is 10.1 Å². The van der Waals surface area contributed by atoms with E-state index in [9.17, 15) is 14.9 Å². The Labute approximate surface area is 120 Å². The third kappa shape index (κ3) is 4.52. The van der Waals surface area contributed by atoms with Gasteiger partial charge in [-0.1, -0.05) is 6.92 Å². The maximum absolute atomic E-state index is 11.9. The molecule has 1 fully saturated rings. The van der Waals surface area contributed by atoms with E-state index in [1.807, 2.05) is 6.92 Å². The first-order chi connectivity index (χ1) is 9.18. The molecule has 0 saturated heterocycles. The van der Waals surface area contributed by atoms with Gasteiger partial charge in [0.1, 0.15) is 11.1 Å². The molecule has 5 nitrogen and oxygen atoms in total.